The van der Waals surface area contributed by atoms with Crippen molar-refractivity contribution in [3.05, 3.63) is 29.3 Å². The number of hydrogen-bond acceptors (Lipinski definition) is 2. The van der Waals surface area contributed by atoms with Crippen molar-refractivity contribution < 1.29 is 0 Å². The first-order valence-corrected chi connectivity index (χ1v) is 4.29. The van der Waals surface area contributed by atoms with E-state index in [1.165, 1.54) is 5.56 Å². The first-order valence-electron chi connectivity index (χ1n) is 4.29. The summed E-state index contributed by atoms with van der Waals surface area (Å²) in [6.07, 6.45) is 0. The van der Waals surface area contributed by atoms with Gasteiger partial charge in [0.25, 0.3) is 0 Å². The highest BCUT2D eigenvalue weighted by molar-refractivity contribution is 5.48. The maximum absolute atomic E-state index is 5.76. The van der Waals surface area contributed by atoms with Crippen LogP contribution in [0.15, 0.2) is 18.2 Å². The maximum Gasteiger partial charge on any atom is 0.0346 e. The van der Waals surface area contributed by atoms with E-state index in [0.29, 0.717) is 0 Å². The Kier molecular flexibility index (Phi) is 3.11. The second kappa shape index (κ2) is 4.12. The lowest BCUT2D eigenvalue weighted by Gasteiger charge is -2.04. The van der Waals surface area contributed by atoms with Crippen molar-refractivity contribution >= 4 is 5.69 Å². The number of anilines is 1. The minimum atomic E-state index is 0.880. The Morgan fingerprint density at radius 3 is 2.75 bits per heavy atom. The van der Waals surface area contributed by atoms with Crippen LogP contribution in [0.1, 0.15) is 18.1 Å². The zero-order valence-electron chi connectivity index (χ0n) is 7.72. The smallest absolute Gasteiger partial charge is 0.0346 e. The normalized spacial score (nSPS) is 10.2. The predicted octanol–water partition coefficient (Wildman–Crippen LogP) is 1.69. The quantitative estimate of drug-likeness (QED) is 0.667. The van der Waals surface area contributed by atoms with Gasteiger partial charge >= 0.3 is 0 Å². The van der Waals surface area contributed by atoms with Gasteiger partial charge in [0.05, 0.1) is 0 Å². The number of nitrogens with two attached hydrogens (primary N) is 1. The summed E-state index contributed by atoms with van der Waals surface area (Å²) in [5.74, 6) is 0. The molecule has 2 nitrogen and oxygen atoms in total. The fourth-order valence-corrected chi connectivity index (χ4v) is 1.07. The Hall–Kier alpha value is -1.02. The van der Waals surface area contributed by atoms with Crippen LogP contribution in [0, 0.1) is 6.92 Å². The van der Waals surface area contributed by atoms with E-state index in [1.54, 1.807) is 0 Å². The van der Waals surface area contributed by atoms with Crippen LogP contribution < -0.4 is 11.1 Å². The lowest BCUT2D eigenvalue weighted by atomic mass is 10.1. The van der Waals surface area contributed by atoms with Crippen LogP contribution in [-0.4, -0.2) is 6.54 Å². The standard InChI is InChI=1S/C10H16N2/c1-3-12-7-9-5-4-8(2)10(11)6-9/h4-6,12H,3,7,11H2,1-2H3. The third kappa shape index (κ3) is 2.24. The molecular formula is C10H16N2. The van der Waals surface area contributed by atoms with E-state index in [4.69, 9.17) is 5.73 Å². The van der Waals surface area contributed by atoms with Gasteiger partial charge in [-0.1, -0.05) is 19.1 Å². The van der Waals surface area contributed by atoms with Gasteiger partial charge in [-0.15, -0.1) is 0 Å². The molecular weight excluding hydrogens is 148 g/mol. The summed E-state index contributed by atoms with van der Waals surface area (Å²) in [5, 5.41) is 3.26. The van der Waals surface area contributed by atoms with Crippen LogP contribution in [0.4, 0.5) is 5.69 Å². The third-order valence-corrected chi connectivity index (χ3v) is 1.92. The average molecular weight is 164 g/mol. The zero-order valence-corrected chi connectivity index (χ0v) is 7.72. The summed E-state index contributed by atoms with van der Waals surface area (Å²) in [6.45, 7) is 6.01. The van der Waals surface area contributed by atoms with Crippen molar-refractivity contribution in [3.8, 4) is 0 Å². The van der Waals surface area contributed by atoms with Crippen molar-refractivity contribution in [1.82, 2.24) is 5.32 Å². The van der Waals surface area contributed by atoms with Crippen molar-refractivity contribution in [2.45, 2.75) is 20.4 Å². The van der Waals surface area contributed by atoms with E-state index in [0.717, 1.165) is 24.3 Å². The minimum Gasteiger partial charge on any atom is -0.399 e. The van der Waals surface area contributed by atoms with E-state index in [2.05, 4.69) is 24.4 Å². The van der Waals surface area contributed by atoms with Crippen LogP contribution in [0.25, 0.3) is 0 Å². The Morgan fingerprint density at radius 1 is 1.42 bits per heavy atom. The monoisotopic (exact) mass is 164 g/mol. The first kappa shape index (κ1) is 9.07. The van der Waals surface area contributed by atoms with Crippen molar-refractivity contribution in [1.29, 1.82) is 0 Å². The fraction of sp³-hybridized carbons (Fsp3) is 0.400. The molecule has 0 fully saturated rings. The molecule has 0 aromatic heterocycles. The molecule has 0 bridgehead atoms. The number of nitrogen functional groups attached to an aromatic ring is 1. The van der Waals surface area contributed by atoms with E-state index >= 15 is 0 Å². The molecule has 1 rings (SSSR count). The van der Waals surface area contributed by atoms with Gasteiger partial charge in [0.2, 0.25) is 0 Å². The van der Waals surface area contributed by atoms with E-state index in [9.17, 15) is 0 Å². The predicted molar refractivity (Wildman–Crippen MR) is 53.0 cm³/mol. The molecule has 0 saturated carbocycles. The fourth-order valence-electron chi connectivity index (χ4n) is 1.07. The largest absolute Gasteiger partial charge is 0.399 e. The van der Waals surface area contributed by atoms with Gasteiger partial charge in [-0.25, -0.2) is 0 Å². The lowest BCUT2D eigenvalue weighted by molar-refractivity contribution is 0.727. The van der Waals surface area contributed by atoms with Gasteiger partial charge in [-0.05, 0) is 30.7 Å². The summed E-state index contributed by atoms with van der Waals surface area (Å²) in [6, 6.07) is 6.19. The van der Waals surface area contributed by atoms with Crippen LogP contribution in [0.2, 0.25) is 0 Å². The van der Waals surface area contributed by atoms with Gasteiger partial charge in [0.15, 0.2) is 0 Å². The number of aryl methyl sites for hydroxylation is 1. The van der Waals surface area contributed by atoms with Crippen molar-refractivity contribution in [3.63, 3.8) is 0 Å². The lowest BCUT2D eigenvalue weighted by Crippen LogP contribution is -2.11. The summed E-state index contributed by atoms with van der Waals surface area (Å²) >= 11 is 0. The maximum atomic E-state index is 5.76. The molecule has 0 spiro atoms. The number of nitrogens with one attached hydrogen (secondary N) is 1. The Labute approximate surface area is 73.8 Å². The molecule has 66 valence electrons. The van der Waals surface area contributed by atoms with Gasteiger partial charge in [-0.2, -0.15) is 0 Å². The van der Waals surface area contributed by atoms with Gasteiger partial charge in [0, 0.05) is 12.2 Å². The number of rotatable bonds is 3. The van der Waals surface area contributed by atoms with Crippen molar-refractivity contribution in [2.75, 3.05) is 12.3 Å². The topological polar surface area (TPSA) is 38.0 Å². The summed E-state index contributed by atoms with van der Waals surface area (Å²) in [5.41, 5.74) is 9.04. The van der Waals surface area contributed by atoms with Gasteiger partial charge < -0.3 is 11.1 Å². The van der Waals surface area contributed by atoms with Gasteiger partial charge in [0.1, 0.15) is 0 Å². The SMILES string of the molecule is CCNCc1ccc(C)c(N)c1. The Bertz CT molecular complexity index is 256. The molecule has 0 unspecified atom stereocenters. The second-order valence-electron chi connectivity index (χ2n) is 2.97. The third-order valence-electron chi connectivity index (χ3n) is 1.92. The molecule has 1 aromatic carbocycles. The molecule has 0 aliphatic heterocycles. The highest BCUT2D eigenvalue weighted by Crippen LogP contribution is 2.12. The Balaban J connectivity index is 2.69. The van der Waals surface area contributed by atoms with Gasteiger partial charge in [-0.3, -0.25) is 0 Å². The average Bonchev–Trinajstić information content (AvgIpc) is 2.07. The highest BCUT2D eigenvalue weighted by Gasteiger charge is 1.95. The van der Waals surface area contributed by atoms with E-state index in [-0.39, 0.29) is 0 Å². The summed E-state index contributed by atoms with van der Waals surface area (Å²) in [4.78, 5) is 0. The summed E-state index contributed by atoms with van der Waals surface area (Å²) in [7, 11) is 0. The van der Waals surface area contributed by atoms with Crippen LogP contribution in [0.5, 0.6) is 0 Å². The summed E-state index contributed by atoms with van der Waals surface area (Å²) < 4.78 is 0. The zero-order chi connectivity index (χ0) is 8.97. The van der Waals surface area contributed by atoms with Crippen LogP contribution in [-0.2, 0) is 6.54 Å². The van der Waals surface area contributed by atoms with Crippen molar-refractivity contribution in [2.24, 2.45) is 0 Å². The molecule has 3 N–H and O–H groups in total. The van der Waals surface area contributed by atoms with E-state index in [1.807, 2.05) is 13.0 Å². The number of benzene rings is 1. The molecule has 0 heterocycles. The Morgan fingerprint density at radius 2 is 2.17 bits per heavy atom. The van der Waals surface area contributed by atoms with E-state index < -0.39 is 0 Å². The minimum absolute atomic E-state index is 0.880. The molecule has 1 aromatic rings. The molecule has 0 atom stereocenters. The molecule has 2 heteroatoms. The molecule has 12 heavy (non-hydrogen) atoms. The molecule has 0 radical (unpaired) electrons. The molecule has 0 amide bonds. The first-order chi connectivity index (χ1) is 5.74. The molecule has 0 aliphatic carbocycles. The highest BCUT2D eigenvalue weighted by atomic mass is 14.8. The van der Waals surface area contributed by atoms with Crippen LogP contribution in [0.3, 0.4) is 0 Å². The molecule has 0 aliphatic rings. The second-order valence-corrected chi connectivity index (χ2v) is 2.97. The number of hydrogen-bond donors (Lipinski definition) is 2. The molecule has 0 saturated heterocycles. The van der Waals surface area contributed by atoms with Crippen LogP contribution >= 0.6 is 0 Å².